The van der Waals surface area contributed by atoms with Gasteiger partial charge < -0.3 is 5.73 Å². The third-order valence-corrected chi connectivity index (χ3v) is 4.11. The molecule has 0 unspecified atom stereocenters. The highest BCUT2D eigenvalue weighted by Crippen LogP contribution is 2.43. The molecule has 21 heavy (non-hydrogen) atoms. The summed E-state index contributed by atoms with van der Waals surface area (Å²) in [5, 5.41) is 0.382. The normalized spacial score (nSPS) is 14.8. The van der Waals surface area contributed by atoms with Crippen LogP contribution in [0.3, 0.4) is 0 Å². The molecule has 1 aliphatic rings. The van der Waals surface area contributed by atoms with Crippen molar-refractivity contribution in [3.63, 3.8) is 0 Å². The van der Waals surface area contributed by atoms with Gasteiger partial charge in [0.05, 0.1) is 16.1 Å². The van der Waals surface area contributed by atoms with Gasteiger partial charge in [0.25, 0.3) is 0 Å². The van der Waals surface area contributed by atoms with E-state index in [0.717, 1.165) is 29.7 Å². The molecule has 0 saturated heterocycles. The van der Waals surface area contributed by atoms with Gasteiger partial charge in [0, 0.05) is 11.6 Å². The summed E-state index contributed by atoms with van der Waals surface area (Å²) in [5.41, 5.74) is 8.45. The fourth-order valence-corrected chi connectivity index (χ4v) is 2.92. The number of rotatable bonds is 2. The molecule has 2 N–H and O–H groups in total. The molecule has 3 aromatic rings. The third kappa shape index (κ3) is 1.98. The SMILES string of the molecule is Nc1ccc2c(c1)nc(C1CC1)n2-c1c(F)cccc1Cl. The molecule has 1 aromatic heterocycles. The molecule has 0 radical (unpaired) electrons. The van der Waals surface area contributed by atoms with Gasteiger partial charge in [-0.1, -0.05) is 17.7 Å². The van der Waals surface area contributed by atoms with Crippen molar-refractivity contribution < 1.29 is 4.39 Å². The second kappa shape index (κ2) is 4.46. The van der Waals surface area contributed by atoms with Crippen LogP contribution in [0.25, 0.3) is 16.7 Å². The zero-order valence-corrected chi connectivity index (χ0v) is 11.9. The second-order valence-electron chi connectivity index (χ2n) is 5.40. The first kappa shape index (κ1) is 12.7. The number of nitrogens with zero attached hydrogens (tertiary/aromatic N) is 2. The minimum atomic E-state index is -0.347. The maximum Gasteiger partial charge on any atom is 0.148 e. The molecule has 0 aliphatic heterocycles. The first-order valence-corrected chi connectivity index (χ1v) is 7.25. The van der Waals surface area contributed by atoms with Crippen molar-refractivity contribution in [2.24, 2.45) is 0 Å². The van der Waals surface area contributed by atoms with Crippen molar-refractivity contribution in [2.75, 3.05) is 5.73 Å². The van der Waals surface area contributed by atoms with E-state index in [4.69, 9.17) is 17.3 Å². The first-order chi connectivity index (χ1) is 10.1. The maximum atomic E-state index is 14.3. The minimum Gasteiger partial charge on any atom is -0.399 e. The van der Waals surface area contributed by atoms with Gasteiger partial charge in [-0.05, 0) is 43.2 Å². The van der Waals surface area contributed by atoms with Crippen LogP contribution in [0.15, 0.2) is 36.4 Å². The Labute approximate surface area is 126 Å². The average molecular weight is 302 g/mol. The van der Waals surface area contributed by atoms with Crippen molar-refractivity contribution >= 4 is 28.3 Å². The van der Waals surface area contributed by atoms with Crippen LogP contribution in [0.4, 0.5) is 10.1 Å². The number of para-hydroxylation sites is 1. The minimum absolute atomic E-state index is 0.347. The van der Waals surface area contributed by atoms with Crippen molar-refractivity contribution in [1.82, 2.24) is 9.55 Å². The lowest BCUT2D eigenvalue weighted by atomic mass is 10.2. The predicted molar refractivity (Wildman–Crippen MR) is 82.4 cm³/mol. The van der Waals surface area contributed by atoms with Gasteiger partial charge in [0.2, 0.25) is 0 Å². The lowest BCUT2D eigenvalue weighted by Gasteiger charge is -2.11. The summed E-state index contributed by atoms with van der Waals surface area (Å²) in [6.07, 6.45) is 2.15. The van der Waals surface area contributed by atoms with E-state index in [-0.39, 0.29) is 5.82 Å². The van der Waals surface area contributed by atoms with Gasteiger partial charge in [-0.15, -0.1) is 0 Å². The molecule has 3 nitrogen and oxygen atoms in total. The third-order valence-electron chi connectivity index (χ3n) is 3.81. The van der Waals surface area contributed by atoms with Crippen LogP contribution in [0.1, 0.15) is 24.6 Å². The number of aromatic nitrogens is 2. The fraction of sp³-hybridized carbons (Fsp3) is 0.188. The summed E-state index contributed by atoms with van der Waals surface area (Å²) < 4.78 is 16.2. The molecule has 0 spiro atoms. The quantitative estimate of drug-likeness (QED) is 0.718. The van der Waals surface area contributed by atoms with E-state index in [1.807, 2.05) is 16.7 Å². The highest BCUT2D eigenvalue weighted by Gasteiger charge is 2.31. The zero-order valence-electron chi connectivity index (χ0n) is 11.2. The molecule has 4 rings (SSSR count). The van der Waals surface area contributed by atoms with Crippen molar-refractivity contribution in [3.8, 4) is 5.69 Å². The first-order valence-electron chi connectivity index (χ1n) is 6.87. The number of benzene rings is 2. The number of hydrogen-bond acceptors (Lipinski definition) is 2. The number of anilines is 1. The van der Waals surface area contributed by atoms with Gasteiger partial charge in [-0.25, -0.2) is 9.37 Å². The maximum absolute atomic E-state index is 14.3. The van der Waals surface area contributed by atoms with E-state index in [2.05, 4.69) is 4.98 Å². The number of halogens is 2. The Morgan fingerprint density at radius 1 is 1.24 bits per heavy atom. The van der Waals surface area contributed by atoms with Gasteiger partial charge >= 0.3 is 0 Å². The standard InChI is InChI=1S/C16H13ClFN3/c17-11-2-1-3-12(18)15(11)21-14-7-6-10(19)8-13(14)20-16(21)9-4-5-9/h1-3,6-9H,4-5,19H2. The summed E-state index contributed by atoms with van der Waals surface area (Å²) in [4.78, 5) is 4.65. The summed E-state index contributed by atoms with van der Waals surface area (Å²) in [6.45, 7) is 0. The van der Waals surface area contributed by atoms with Gasteiger partial charge in [-0.2, -0.15) is 0 Å². The Bertz CT molecular complexity index is 832. The van der Waals surface area contributed by atoms with Crippen molar-refractivity contribution in [2.45, 2.75) is 18.8 Å². The Hall–Kier alpha value is -2.07. The molecule has 2 aromatic carbocycles. The molecule has 0 bridgehead atoms. The number of hydrogen-bond donors (Lipinski definition) is 1. The van der Waals surface area contributed by atoms with Crippen LogP contribution in [0.2, 0.25) is 5.02 Å². The van der Waals surface area contributed by atoms with Crippen LogP contribution < -0.4 is 5.73 Å². The molecular weight excluding hydrogens is 289 g/mol. The average Bonchev–Trinajstić information content (AvgIpc) is 3.22. The largest absolute Gasteiger partial charge is 0.399 e. The van der Waals surface area contributed by atoms with E-state index in [1.54, 1.807) is 18.2 Å². The summed E-state index contributed by atoms with van der Waals surface area (Å²) >= 11 is 6.24. The summed E-state index contributed by atoms with van der Waals surface area (Å²) in [7, 11) is 0. The predicted octanol–water partition coefficient (Wildman–Crippen LogP) is 4.28. The molecule has 0 atom stereocenters. The molecule has 106 valence electrons. The Morgan fingerprint density at radius 3 is 2.76 bits per heavy atom. The monoisotopic (exact) mass is 301 g/mol. The molecule has 1 saturated carbocycles. The lowest BCUT2D eigenvalue weighted by molar-refractivity contribution is 0.617. The fourth-order valence-electron chi connectivity index (χ4n) is 2.67. The lowest BCUT2D eigenvalue weighted by Crippen LogP contribution is -2.03. The van der Waals surface area contributed by atoms with Crippen molar-refractivity contribution in [1.29, 1.82) is 0 Å². The highest BCUT2D eigenvalue weighted by molar-refractivity contribution is 6.32. The van der Waals surface area contributed by atoms with Gasteiger partial charge in [0.1, 0.15) is 17.3 Å². The van der Waals surface area contributed by atoms with E-state index in [0.29, 0.717) is 22.3 Å². The van der Waals surface area contributed by atoms with Gasteiger partial charge in [-0.3, -0.25) is 4.57 Å². The summed E-state index contributed by atoms with van der Waals surface area (Å²) in [6, 6.07) is 10.2. The smallest absolute Gasteiger partial charge is 0.148 e. The van der Waals surface area contributed by atoms with Crippen molar-refractivity contribution in [3.05, 3.63) is 53.1 Å². The van der Waals surface area contributed by atoms with Crippen LogP contribution in [0, 0.1) is 5.82 Å². The van der Waals surface area contributed by atoms with E-state index in [9.17, 15) is 4.39 Å². The second-order valence-corrected chi connectivity index (χ2v) is 5.81. The van der Waals surface area contributed by atoms with Crippen LogP contribution in [-0.4, -0.2) is 9.55 Å². The van der Waals surface area contributed by atoms with E-state index in [1.165, 1.54) is 6.07 Å². The van der Waals surface area contributed by atoms with Gasteiger partial charge in [0.15, 0.2) is 0 Å². The highest BCUT2D eigenvalue weighted by atomic mass is 35.5. The zero-order chi connectivity index (χ0) is 14.6. The Balaban J connectivity index is 2.09. The molecule has 1 fully saturated rings. The summed E-state index contributed by atoms with van der Waals surface area (Å²) in [5.74, 6) is 0.887. The van der Waals surface area contributed by atoms with Crippen LogP contribution in [0.5, 0.6) is 0 Å². The Kier molecular flexibility index (Phi) is 2.69. The van der Waals surface area contributed by atoms with Crippen LogP contribution >= 0.6 is 11.6 Å². The number of imidazole rings is 1. The molecular formula is C16H13ClFN3. The molecule has 1 heterocycles. The number of nitrogen functional groups attached to an aromatic ring is 1. The van der Waals surface area contributed by atoms with E-state index >= 15 is 0 Å². The molecule has 5 heteroatoms. The Morgan fingerprint density at radius 2 is 2.05 bits per heavy atom. The van der Waals surface area contributed by atoms with Crippen LogP contribution in [-0.2, 0) is 0 Å². The number of nitrogens with two attached hydrogens (primary N) is 1. The molecule has 1 aliphatic carbocycles. The topological polar surface area (TPSA) is 43.8 Å². The number of fused-ring (bicyclic) bond motifs is 1. The van der Waals surface area contributed by atoms with E-state index < -0.39 is 0 Å². The molecule has 0 amide bonds.